The molecule has 0 aliphatic rings. The third-order valence-electron chi connectivity index (χ3n) is 3.93. The van der Waals surface area contributed by atoms with E-state index < -0.39 is 34.7 Å². The Morgan fingerprint density at radius 1 is 1.00 bits per heavy atom. The molecule has 0 radical (unpaired) electrons. The van der Waals surface area contributed by atoms with Gasteiger partial charge >= 0.3 is 6.18 Å². The van der Waals surface area contributed by atoms with Crippen LogP contribution in [-0.4, -0.2) is 26.6 Å². The van der Waals surface area contributed by atoms with E-state index in [9.17, 15) is 27.6 Å². The van der Waals surface area contributed by atoms with E-state index in [1.165, 1.54) is 31.3 Å². The second kappa shape index (κ2) is 8.15. The first-order chi connectivity index (χ1) is 14.2. The number of nitrogens with one attached hydrogen (secondary N) is 2. The van der Waals surface area contributed by atoms with Crippen molar-refractivity contribution in [2.24, 2.45) is 0 Å². The number of aryl methyl sites for hydroxylation is 1. The second-order valence-corrected chi connectivity index (χ2v) is 6.08. The van der Waals surface area contributed by atoms with Crippen LogP contribution < -0.4 is 16.3 Å². The van der Waals surface area contributed by atoms with Gasteiger partial charge in [0, 0.05) is 18.0 Å². The first-order valence-electron chi connectivity index (χ1n) is 8.47. The maximum Gasteiger partial charge on any atom is 0.416 e. The zero-order chi connectivity index (χ0) is 21.9. The summed E-state index contributed by atoms with van der Waals surface area (Å²) in [5.74, 6) is -1.76. The number of amides is 2. The van der Waals surface area contributed by atoms with Crippen LogP contribution in [-0.2, 0) is 6.18 Å². The van der Waals surface area contributed by atoms with Gasteiger partial charge in [0.25, 0.3) is 11.8 Å². The van der Waals surface area contributed by atoms with E-state index in [2.05, 4.69) is 15.5 Å². The highest BCUT2D eigenvalue weighted by Crippen LogP contribution is 2.30. The fraction of sp³-hybridized carbons (Fsp3) is 0.105. The normalized spacial score (nSPS) is 11.1. The molecule has 0 aliphatic carbocycles. The van der Waals surface area contributed by atoms with E-state index in [1.54, 1.807) is 12.1 Å². The number of hydrogen-bond donors (Lipinski definition) is 2. The molecular weight excluding hydrogens is 403 g/mol. The first-order valence-corrected chi connectivity index (χ1v) is 8.47. The maximum absolute atomic E-state index is 13.0. The fourth-order valence-corrected chi connectivity index (χ4v) is 2.51. The molecule has 3 rings (SSSR count). The monoisotopic (exact) mass is 417 g/mol. The molecular formula is C19H14F3N5O3. The van der Waals surface area contributed by atoms with Crippen molar-refractivity contribution in [2.75, 3.05) is 0 Å². The minimum Gasteiger partial charge on any atom is -0.287 e. The minimum absolute atomic E-state index is 0.00824. The molecule has 11 heteroatoms. The van der Waals surface area contributed by atoms with Crippen LogP contribution in [0.2, 0.25) is 0 Å². The second-order valence-electron chi connectivity index (χ2n) is 6.08. The number of hydrogen-bond acceptors (Lipinski definition) is 5. The average Bonchev–Trinajstić information content (AvgIpc) is 2.72. The van der Waals surface area contributed by atoms with Gasteiger partial charge in [0.2, 0.25) is 5.43 Å². The number of carbonyl (C=O) groups excluding carboxylic acids is 2. The van der Waals surface area contributed by atoms with Gasteiger partial charge in [-0.3, -0.25) is 30.2 Å². The van der Waals surface area contributed by atoms with Gasteiger partial charge in [-0.15, -0.1) is 0 Å². The number of pyridine rings is 1. The van der Waals surface area contributed by atoms with Crippen molar-refractivity contribution in [2.45, 2.75) is 13.1 Å². The van der Waals surface area contributed by atoms with Crippen LogP contribution in [0.1, 0.15) is 32.2 Å². The van der Waals surface area contributed by atoms with E-state index >= 15 is 0 Å². The highest BCUT2D eigenvalue weighted by Gasteiger charge is 2.30. The molecule has 0 fully saturated rings. The Balaban J connectivity index is 1.87. The molecule has 0 bridgehead atoms. The van der Waals surface area contributed by atoms with Crippen molar-refractivity contribution in [1.29, 1.82) is 0 Å². The van der Waals surface area contributed by atoms with Crippen LogP contribution in [0.3, 0.4) is 0 Å². The number of aromatic nitrogens is 3. The van der Waals surface area contributed by atoms with Crippen LogP contribution in [0.15, 0.2) is 59.5 Å². The SMILES string of the molecule is Cc1cc(=O)c(C(=O)NNC(=O)c2ccccn2)nn1-c1cccc(C(F)(F)F)c1. The summed E-state index contributed by atoms with van der Waals surface area (Å²) >= 11 is 0. The van der Waals surface area contributed by atoms with Crippen molar-refractivity contribution in [3.05, 3.63) is 87.6 Å². The Bertz CT molecular complexity index is 1160. The van der Waals surface area contributed by atoms with Crippen molar-refractivity contribution < 1.29 is 22.8 Å². The van der Waals surface area contributed by atoms with Crippen molar-refractivity contribution in [1.82, 2.24) is 25.6 Å². The predicted octanol–water partition coefficient (Wildman–Crippen LogP) is 2.03. The number of nitrogens with zero attached hydrogens (tertiary/aromatic N) is 3. The lowest BCUT2D eigenvalue weighted by Gasteiger charge is -2.13. The quantitative estimate of drug-likeness (QED) is 0.635. The molecule has 30 heavy (non-hydrogen) atoms. The lowest BCUT2D eigenvalue weighted by atomic mass is 10.2. The minimum atomic E-state index is -4.57. The smallest absolute Gasteiger partial charge is 0.287 e. The molecule has 0 saturated carbocycles. The highest BCUT2D eigenvalue weighted by molar-refractivity contribution is 5.97. The van der Waals surface area contributed by atoms with Crippen LogP contribution in [0, 0.1) is 6.92 Å². The Hall–Kier alpha value is -4.02. The summed E-state index contributed by atoms with van der Waals surface area (Å²) in [5.41, 5.74) is 2.09. The first kappa shape index (κ1) is 20.7. The zero-order valence-corrected chi connectivity index (χ0v) is 15.4. The summed E-state index contributed by atoms with van der Waals surface area (Å²) < 4.78 is 40.0. The van der Waals surface area contributed by atoms with Gasteiger partial charge < -0.3 is 0 Å². The van der Waals surface area contributed by atoms with Crippen molar-refractivity contribution in [3.8, 4) is 5.69 Å². The molecule has 0 aliphatic heterocycles. The number of rotatable bonds is 3. The summed E-state index contributed by atoms with van der Waals surface area (Å²) in [4.78, 5) is 40.2. The number of hydrazine groups is 1. The van der Waals surface area contributed by atoms with E-state index in [4.69, 9.17) is 0 Å². The summed E-state index contributed by atoms with van der Waals surface area (Å²) in [6, 6.07) is 9.90. The summed E-state index contributed by atoms with van der Waals surface area (Å²) in [6.45, 7) is 1.46. The van der Waals surface area contributed by atoms with Gasteiger partial charge in [0.1, 0.15) is 5.69 Å². The van der Waals surface area contributed by atoms with E-state index in [0.717, 1.165) is 22.9 Å². The molecule has 0 spiro atoms. The van der Waals surface area contributed by atoms with E-state index in [1.807, 2.05) is 5.43 Å². The molecule has 0 saturated heterocycles. The van der Waals surface area contributed by atoms with Crippen molar-refractivity contribution >= 4 is 11.8 Å². The summed E-state index contributed by atoms with van der Waals surface area (Å²) in [7, 11) is 0. The highest BCUT2D eigenvalue weighted by atomic mass is 19.4. The largest absolute Gasteiger partial charge is 0.416 e. The van der Waals surface area contributed by atoms with Crippen LogP contribution in [0.25, 0.3) is 5.69 Å². The maximum atomic E-state index is 13.0. The summed E-state index contributed by atoms with van der Waals surface area (Å²) in [5, 5.41) is 3.87. The van der Waals surface area contributed by atoms with Gasteiger partial charge in [-0.05, 0) is 37.3 Å². The Morgan fingerprint density at radius 3 is 2.40 bits per heavy atom. The van der Waals surface area contributed by atoms with Gasteiger partial charge in [0.15, 0.2) is 5.69 Å². The molecule has 8 nitrogen and oxygen atoms in total. The molecule has 0 unspecified atom stereocenters. The predicted molar refractivity (Wildman–Crippen MR) is 98.7 cm³/mol. The molecule has 3 aromatic rings. The molecule has 2 N–H and O–H groups in total. The molecule has 154 valence electrons. The van der Waals surface area contributed by atoms with E-state index in [-0.39, 0.29) is 17.1 Å². The number of alkyl halides is 3. The van der Waals surface area contributed by atoms with Crippen LogP contribution >= 0.6 is 0 Å². The third-order valence-corrected chi connectivity index (χ3v) is 3.93. The fourth-order valence-electron chi connectivity index (χ4n) is 2.51. The van der Waals surface area contributed by atoms with Crippen LogP contribution in [0.4, 0.5) is 13.2 Å². The number of halogens is 3. The topological polar surface area (TPSA) is 106 Å². The molecule has 0 atom stereocenters. The molecule has 2 aromatic heterocycles. The lowest BCUT2D eigenvalue weighted by molar-refractivity contribution is -0.137. The van der Waals surface area contributed by atoms with Gasteiger partial charge in [0.05, 0.1) is 11.3 Å². The van der Waals surface area contributed by atoms with Gasteiger partial charge in [-0.1, -0.05) is 12.1 Å². The standard InChI is InChI=1S/C19H14F3N5O3/c1-11-9-15(28)16(18(30)25-24-17(29)14-7-2-3-8-23-14)26-27(11)13-6-4-5-12(10-13)19(20,21)22/h2-10H,1H3,(H,24,29)(H,25,30). The average molecular weight is 417 g/mol. The molecule has 1 aromatic carbocycles. The Labute approximate surface area is 167 Å². The number of benzene rings is 1. The molecule has 2 heterocycles. The lowest BCUT2D eigenvalue weighted by Crippen LogP contribution is -2.44. The Kier molecular flexibility index (Phi) is 5.63. The molecule has 2 amide bonds. The van der Waals surface area contributed by atoms with E-state index in [0.29, 0.717) is 0 Å². The van der Waals surface area contributed by atoms with Gasteiger partial charge in [-0.2, -0.15) is 18.3 Å². The van der Waals surface area contributed by atoms with Gasteiger partial charge in [-0.25, -0.2) is 4.68 Å². The Morgan fingerprint density at radius 2 is 1.73 bits per heavy atom. The zero-order valence-electron chi connectivity index (χ0n) is 15.4. The number of carbonyl (C=O) groups is 2. The summed E-state index contributed by atoms with van der Waals surface area (Å²) in [6.07, 6.45) is -3.19. The van der Waals surface area contributed by atoms with Crippen LogP contribution in [0.5, 0.6) is 0 Å². The van der Waals surface area contributed by atoms with Crippen molar-refractivity contribution in [3.63, 3.8) is 0 Å². The third kappa shape index (κ3) is 4.51.